The summed E-state index contributed by atoms with van der Waals surface area (Å²) in [5.41, 5.74) is 1.72. The Bertz CT molecular complexity index is 688. The van der Waals surface area contributed by atoms with Crippen LogP contribution in [0.15, 0.2) is 53.4 Å². The van der Waals surface area contributed by atoms with Gasteiger partial charge >= 0.3 is 5.97 Å². The van der Waals surface area contributed by atoms with Crippen molar-refractivity contribution in [2.45, 2.75) is 11.8 Å². The van der Waals surface area contributed by atoms with E-state index < -0.39 is 11.9 Å². The van der Waals surface area contributed by atoms with E-state index in [1.54, 1.807) is 30.3 Å². The zero-order valence-electron chi connectivity index (χ0n) is 12.5. The van der Waals surface area contributed by atoms with Gasteiger partial charge in [0.2, 0.25) is 0 Å². The fraction of sp³-hybridized carbons (Fsp3) is 0.176. The molecule has 0 bridgehead atoms. The minimum Gasteiger partial charge on any atom is -0.455 e. The minimum atomic E-state index is -0.572. The average Bonchev–Trinajstić information content (AvgIpc) is 2.54. The van der Waals surface area contributed by atoms with Crippen LogP contribution < -0.4 is 5.32 Å². The minimum absolute atomic E-state index is 0.0568. The van der Waals surface area contributed by atoms with Crippen LogP contribution in [0.25, 0.3) is 0 Å². The lowest BCUT2D eigenvalue weighted by molar-refractivity contribution is -0.144. The van der Waals surface area contributed by atoms with Gasteiger partial charge < -0.3 is 10.1 Å². The van der Waals surface area contributed by atoms with Crippen LogP contribution in [-0.4, -0.2) is 24.2 Å². The number of rotatable bonds is 6. The van der Waals surface area contributed by atoms with E-state index >= 15 is 0 Å². The summed E-state index contributed by atoms with van der Waals surface area (Å²) >= 11 is 1.03. The molecule has 4 nitrogen and oxygen atoms in total. The molecular weight excluding hydrogens is 317 g/mol. The maximum absolute atomic E-state index is 13.4. The van der Waals surface area contributed by atoms with Gasteiger partial charge in [0, 0.05) is 10.6 Å². The first-order chi connectivity index (χ1) is 11.0. The molecule has 0 spiro atoms. The van der Waals surface area contributed by atoms with Crippen LogP contribution in [0.3, 0.4) is 0 Å². The summed E-state index contributed by atoms with van der Waals surface area (Å²) in [7, 11) is 0. The molecule has 0 aliphatic heterocycles. The molecule has 23 heavy (non-hydrogen) atoms. The van der Waals surface area contributed by atoms with Crippen molar-refractivity contribution in [3.05, 3.63) is 59.9 Å². The van der Waals surface area contributed by atoms with Gasteiger partial charge in [-0.05, 0) is 31.2 Å². The first-order valence-electron chi connectivity index (χ1n) is 6.94. The lowest BCUT2D eigenvalue weighted by Gasteiger charge is -2.07. The Morgan fingerprint density at radius 2 is 1.83 bits per heavy atom. The number of amides is 1. The Labute approximate surface area is 138 Å². The lowest BCUT2D eigenvalue weighted by atomic mass is 10.2. The summed E-state index contributed by atoms with van der Waals surface area (Å²) in [6, 6.07) is 13.4. The van der Waals surface area contributed by atoms with Gasteiger partial charge in [0.05, 0.1) is 5.75 Å². The number of hydrogen-bond acceptors (Lipinski definition) is 4. The third kappa shape index (κ3) is 5.75. The second-order valence-electron chi connectivity index (χ2n) is 4.79. The summed E-state index contributed by atoms with van der Waals surface area (Å²) in [6.45, 7) is 1.57. The molecule has 0 aliphatic rings. The molecule has 0 atom stereocenters. The lowest BCUT2D eigenvalue weighted by Crippen LogP contribution is -2.21. The molecule has 2 aromatic rings. The van der Waals surface area contributed by atoms with Gasteiger partial charge in [0.1, 0.15) is 5.82 Å². The number of benzene rings is 2. The fourth-order valence-corrected chi connectivity index (χ4v) is 2.46. The third-order valence-electron chi connectivity index (χ3n) is 2.88. The SMILES string of the molecule is Cc1ccc(NC(=O)COC(=O)CSc2ccccc2F)cc1. The molecule has 2 aromatic carbocycles. The van der Waals surface area contributed by atoms with Crippen molar-refractivity contribution < 1.29 is 18.7 Å². The summed E-state index contributed by atoms with van der Waals surface area (Å²) < 4.78 is 18.3. The van der Waals surface area contributed by atoms with Crippen molar-refractivity contribution in [3.63, 3.8) is 0 Å². The van der Waals surface area contributed by atoms with Gasteiger partial charge in [-0.2, -0.15) is 0 Å². The molecule has 0 saturated carbocycles. The monoisotopic (exact) mass is 333 g/mol. The summed E-state index contributed by atoms with van der Waals surface area (Å²) in [5, 5.41) is 2.62. The Balaban J connectivity index is 1.72. The van der Waals surface area contributed by atoms with Crippen molar-refractivity contribution in [1.29, 1.82) is 0 Å². The van der Waals surface area contributed by atoms with Crippen molar-refractivity contribution in [1.82, 2.24) is 0 Å². The van der Waals surface area contributed by atoms with E-state index in [4.69, 9.17) is 4.74 Å². The predicted octanol–water partition coefficient (Wildman–Crippen LogP) is 3.41. The number of esters is 1. The summed E-state index contributed by atoms with van der Waals surface area (Å²) in [4.78, 5) is 23.6. The third-order valence-corrected chi connectivity index (χ3v) is 3.90. The highest BCUT2D eigenvalue weighted by atomic mass is 32.2. The van der Waals surface area contributed by atoms with Gasteiger partial charge in [-0.15, -0.1) is 11.8 Å². The van der Waals surface area contributed by atoms with Crippen LogP contribution in [0.4, 0.5) is 10.1 Å². The number of aryl methyl sites for hydroxylation is 1. The van der Waals surface area contributed by atoms with E-state index in [9.17, 15) is 14.0 Å². The van der Waals surface area contributed by atoms with Crippen LogP contribution in [-0.2, 0) is 14.3 Å². The highest BCUT2D eigenvalue weighted by molar-refractivity contribution is 8.00. The predicted molar refractivity (Wildman–Crippen MR) is 87.9 cm³/mol. The van der Waals surface area contributed by atoms with Crippen LogP contribution in [0.5, 0.6) is 0 Å². The number of carbonyl (C=O) groups is 2. The highest BCUT2D eigenvalue weighted by Gasteiger charge is 2.10. The second-order valence-corrected chi connectivity index (χ2v) is 5.81. The van der Waals surface area contributed by atoms with Crippen LogP contribution in [0.2, 0.25) is 0 Å². The molecule has 0 aromatic heterocycles. The molecule has 1 amide bonds. The normalized spacial score (nSPS) is 10.2. The van der Waals surface area contributed by atoms with Gasteiger partial charge in [0.15, 0.2) is 6.61 Å². The first-order valence-corrected chi connectivity index (χ1v) is 7.92. The summed E-state index contributed by atoms with van der Waals surface area (Å²) in [5.74, 6) is -1.43. The number of nitrogens with one attached hydrogen (secondary N) is 1. The maximum atomic E-state index is 13.4. The Morgan fingerprint density at radius 3 is 2.52 bits per heavy atom. The van der Waals surface area contributed by atoms with Crippen LogP contribution in [0, 0.1) is 12.7 Å². The van der Waals surface area contributed by atoms with Gasteiger partial charge in [-0.3, -0.25) is 9.59 Å². The van der Waals surface area contributed by atoms with E-state index in [1.807, 2.05) is 19.1 Å². The second kappa shape index (κ2) is 8.33. The van der Waals surface area contributed by atoms with E-state index in [0.29, 0.717) is 10.6 Å². The van der Waals surface area contributed by atoms with Gasteiger partial charge in [-0.1, -0.05) is 29.8 Å². The average molecular weight is 333 g/mol. The van der Waals surface area contributed by atoms with E-state index in [0.717, 1.165) is 17.3 Å². The molecule has 0 fully saturated rings. The Morgan fingerprint density at radius 1 is 1.13 bits per heavy atom. The number of halogens is 1. The smallest absolute Gasteiger partial charge is 0.316 e. The topological polar surface area (TPSA) is 55.4 Å². The maximum Gasteiger partial charge on any atom is 0.316 e. The molecule has 120 valence electrons. The first kappa shape index (κ1) is 17.0. The quantitative estimate of drug-likeness (QED) is 0.650. The molecule has 0 aliphatic carbocycles. The highest BCUT2D eigenvalue weighted by Crippen LogP contribution is 2.21. The van der Waals surface area contributed by atoms with Crippen LogP contribution >= 0.6 is 11.8 Å². The number of carbonyl (C=O) groups excluding carboxylic acids is 2. The largest absolute Gasteiger partial charge is 0.455 e. The number of hydrogen-bond donors (Lipinski definition) is 1. The number of anilines is 1. The summed E-state index contributed by atoms with van der Waals surface area (Å²) in [6.07, 6.45) is 0. The molecule has 0 radical (unpaired) electrons. The van der Waals surface area contributed by atoms with Crippen molar-refractivity contribution in [2.75, 3.05) is 17.7 Å². The molecular formula is C17H16FNO3S. The Hall–Kier alpha value is -2.34. The van der Waals surface area contributed by atoms with Crippen molar-refractivity contribution in [2.24, 2.45) is 0 Å². The van der Waals surface area contributed by atoms with Gasteiger partial charge in [0.25, 0.3) is 5.91 Å². The van der Waals surface area contributed by atoms with Gasteiger partial charge in [-0.25, -0.2) is 4.39 Å². The zero-order valence-corrected chi connectivity index (χ0v) is 13.4. The zero-order chi connectivity index (χ0) is 16.7. The number of thioether (sulfide) groups is 1. The fourth-order valence-electron chi connectivity index (χ4n) is 1.72. The molecule has 6 heteroatoms. The van der Waals surface area contributed by atoms with Crippen molar-refractivity contribution in [3.8, 4) is 0 Å². The van der Waals surface area contributed by atoms with Crippen LogP contribution in [0.1, 0.15) is 5.56 Å². The molecule has 1 N–H and O–H groups in total. The molecule has 0 saturated heterocycles. The molecule has 2 rings (SSSR count). The molecule has 0 unspecified atom stereocenters. The van der Waals surface area contributed by atoms with E-state index in [2.05, 4.69) is 5.32 Å². The molecule has 0 heterocycles. The van der Waals surface area contributed by atoms with E-state index in [-0.39, 0.29) is 18.2 Å². The standard InChI is InChI=1S/C17H16FNO3S/c1-12-6-8-13(9-7-12)19-16(20)10-22-17(21)11-23-15-5-3-2-4-14(15)18/h2-9H,10-11H2,1H3,(H,19,20). The Kier molecular flexibility index (Phi) is 6.17. The van der Waals surface area contributed by atoms with E-state index in [1.165, 1.54) is 6.07 Å². The number of ether oxygens (including phenoxy) is 1. The van der Waals surface area contributed by atoms with Crippen molar-refractivity contribution >= 4 is 29.3 Å².